The molecule has 0 bridgehead atoms. The van der Waals surface area contributed by atoms with Crippen LogP contribution in [0, 0.1) is 10.1 Å². The van der Waals surface area contributed by atoms with Gasteiger partial charge in [0.05, 0.1) is 25.2 Å². The van der Waals surface area contributed by atoms with Crippen LogP contribution in [-0.2, 0) is 21.5 Å². The first kappa shape index (κ1) is 17.5. The number of ether oxygens (including phenoxy) is 2. The topological polar surface area (TPSA) is 81.9 Å². The summed E-state index contributed by atoms with van der Waals surface area (Å²) >= 11 is 0. The standard InChI is InChI=1S/C20H20N2O5/c1-26-19(23)16-12-15(6-7-18(16)22(24)25)21-10-11-27-20(13-21)9-8-14-4-2-3-5-17(14)20/h2-7,12H,8-11,13H2,1H3. The molecule has 27 heavy (non-hydrogen) atoms. The zero-order chi connectivity index (χ0) is 19.0. The zero-order valence-electron chi connectivity index (χ0n) is 15.0. The average Bonchev–Trinajstić information content (AvgIpc) is 3.05. The molecular weight excluding hydrogens is 348 g/mol. The minimum Gasteiger partial charge on any atom is -0.465 e. The maximum absolute atomic E-state index is 12.0. The van der Waals surface area contributed by atoms with Gasteiger partial charge in [0, 0.05) is 18.3 Å². The van der Waals surface area contributed by atoms with E-state index in [9.17, 15) is 14.9 Å². The van der Waals surface area contributed by atoms with E-state index in [1.807, 2.05) is 12.1 Å². The van der Waals surface area contributed by atoms with Gasteiger partial charge in [-0.3, -0.25) is 10.1 Å². The molecule has 0 amide bonds. The van der Waals surface area contributed by atoms with Crippen LogP contribution < -0.4 is 4.90 Å². The molecular formula is C20H20N2O5. The Morgan fingerprint density at radius 2 is 2.11 bits per heavy atom. The van der Waals surface area contributed by atoms with E-state index in [2.05, 4.69) is 17.0 Å². The molecule has 1 saturated heterocycles. The van der Waals surface area contributed by atoms with Crippen molar-refractivity contribution in [3.8, 4) is 0 Å². The number of hydrogen-bond donors (Lipinski definition) is 0. The number of nitro benzene ring substituents is 1. The fourth-order valence-corrected chi connectivity index (χ4v) is 4.13. The van der Waals surface area contributed by atoms with Gasteiger partial charge in [0.15, 0.2) is 0 Å². The summed E-state index contributed by atoms with van der Waals surface area (Å²) in [5.74, 6) is -0.710. The van der Waals surface area contributed by atoms with Crippen molar-refractivity contribution in [1.82, 2.24) is 0 Å². The second-order valence-electron chi connectivity index (χ2n) is 6.87. The van der Waals surface area contributed by atoms with Crippen molar-refractivity contribution in [2.24, 2.45) is 0 Å². The molecule has 1 spiro atoms. The number of aryl methyl sites for hydroxylation is 1. The normalized spacial score (nSPS) is 21.1. The van der Waals surface area contributed by atoms with Crippen LogP contribution >= 0.6 is 0 Å². The van der Waals surface area contributed by atoms with E-state index < -0.39 is 10.9 Å². The Balaban J connectivity index is 1.68. The molecule has 1 unspecified atom stereocenters. The highest BCUT2D eigenvalue weighted by Gasteiger charge is 2.43. The van der Waals surface area contributed by atoms with Gasteiger partial charge < -0.3 is 14.4 Å². The predicted molar refractivity (Wildman–Crippen MR) is 99.0 cm³/mol. The third-order valence-electron chi connectivity index (χ3n) is 5.44. The van der Waals surface area contributed by atoms with Crippen molar-refractivity contribution in [1.29, 1.82) is 0 Å². The van der Waals surface area contributed by atoms with E-state index in [1.54, 1.807) is 12.1 Å². The highest BCUT2D eigenvalue weighted by molar-refractivity contribution is 5.95. The lowest BCUT2D eigenvalue weighted by Gasteiger charge is -2.42. The van der Waals surface area contributed by atoms with Crippen molar-refractivity contribution >= 4 is 17.3 Å². The average molecular weight is 368 g/mol. The third kappa shape index (κ3) is 2.94. The number of nitrogens with zero attached hydrogens (tertiary/aromatic N) is 2. The molecule has 1 heterocycles. The summed E-state index contributed by atoms with van der Waals surface area (Å²) in [5.41, 5.74) is 2.62. The van der Waals surface area contributed by atoms with Crippen molar-refractivity contribution in [3.05, 3.63) is 69.3 Å². The molecule has 2 aromatic rings. The number of rotatable bonds is 3. The van der Waals surface area contributed by atoms with Crippen molar-refractivity contribution in [2.45, 2.75) is 18.4 Å². The largest absolute Gasteiger partial charge is 0.465 e. The first-order valence-electron chi connectivity index (χ1n) is 8.88. The van der Waals surface area contributed by atoms with Crippen molar-refractivity contribution in [3.63, 3.8) is 0 Å². The van der Waals surface area contributed by atoms with Crippen LogP contribution in [0.5, 0.6) is 0 Å². The number of morpholine rings is 1. The molecule has 140 valence electrons. The van der Waals surface area contributed by atoms with Crippen LogP contribution in [0.2, 0.25) is 0 Å². The molecule has 1 aliphatic heterocycles. The molecule has 4 rings (SSSR count). The number of methoxy groups -OCH3 is 1. The first-order chi connectivity index (χ1) is 13.0. The Morgan fingerprint density at radius 3 is 2.89 bits per heavy atom. The number of nitro groups is 1. The van der Waals surface area contributed by atoms with Gasteiger partial charge in [0.1, 0.15) is 11.2 Å². The second kappa shape index (κ2) is 6.66. The van der Waals surface area contributed by atoms with Crippen molar-refractivity contribution in [2.75, 3.05) is 31.7 Å². The van der Waals surface area contributed by atoms with Gasteiger partial charge in [0.25, 0.3) is 5.69 Å². The smallest absolute Gasteiger partial charge is 0.344 e. The van der Waals surface area contributed by atoms with Crippen LogP contribution in [0.25, 0.3) is 0 Å². The molecule has 2 aliphatic rings. The fourth-order valence-electron chi connectivity index (χ4n) is 4.13. The van der Waals surface area contributed by atoms with Crippen LogP contribution in [0.15, 0.2) is 42.5 Å². The number of benzene rings is 2. The van der Waals surface area contributed by atoms with E-state index in [-0.39, 0.29) is 16.9 Å². The molecule has 1 atom stereocenters. The van der Waals surface area contributed by atoms with E-state index in [4.69, 9.17) is 9.47 Å². The maximum atomic E-state index is 12.0. The lowest BCUT2D eigenvalue weighted by Crippen LogP contribution is -2.49. The maximum Gasteiger partial charge on any atom is 0.344 e. The molecule has 0 saturated carbocycles. The number of hydrogen-bond acceptors (Lipinski definition) is 6. The van der Waals surface area contributed by atoms with E-state index >= 15 is 0 Å². The first-order valence-corrected chi connectivity index (χ1v) is 8.88. The molecule has 0 radical (unpaired) electrons. The zero-order valence-corrected chi connectivity index (χ0v) is 15.0. The fraction of sp³-hybridized carbons (Fsp3) is 0.350. The van der Waals surface area contributed by atoms with Crippen LogP contribution in [-0.4, -0.2) is 37.7 Å². The van der Waals surface area contributed by atoms with Gasteiger partial charge in [-0.15, -0.1) is 0 Å². The number of esters is 1. The molecule has 0 aromatic heterocycles. The Morgan fingerprint density at radius 1 is 1.30 bits per heavy atom. The van der Waals surface area contributed by atoms with Gasteiger partial charge in [-0.2, -0.15) is 0 Å². The number of anilines is 1. The summed E-state index contributed by atoms with van der Waals surface area (Å²) in [6.07, 6.45) is 1.87. The molecule has 0 N–H and O–H groups in total. The lowest BCUT2D eigenvalue weighted by atomic mass is 9.93. The van der Waals surface area contributed by atoms with Gasteiger partial charge in [-0.1, -0.05) is 24.3 Å². The minimum absolute atomic E-state index is 0.0348. The van der Waals surface area contributed by atoms with Gasteiger partial charge in [0.2, 0.25) is 0 Å². The number of fused-ring (bicyclic) bond motifs is 2. The van der Waals surface area contributed by atoms with E-state index in [1.165, 1.54) is 24.3 Å². The van der Waals surface area contributed by atoms with Crippen LogP contribution in [0.3, 0.4) is 0 Å². The highest BCUT2D eigenvalue weighted by atomic mass is 16.6. The summed E-state index contributed by atoms with van der Waals surface area (Å²) in [7, 11) is 1.22. The van der Waals surface area contributed by atoms with Crippen molar-refractivity contribution < 1.29 is 19.2 Å². The third-order valence-corrected chi connectivity index (χ3v) is 5.44. The Kier molecular flexibility index (Phi) is 4.31. The van der Waals surface area contributed by atoms with Gasteiger partial charge in [-0.05, 0) is 36.1 Å². The minimum atomic E-state index is -0.710. The number of carbonyl (C=O) groups is 1. The summed E-state index contributed by atoms with van der Waals surface area (Å²) < 4.78 is 10.9. The number of carbonyl (C=O) groups excluding carboxylic acids is 1. The van der Waals surface area contributed by atoms with Crippen LogP contribution in [0.4, 0.5) is 11.4 Å². The lowest BCUT2D eigenvalue weighted by molar-refractivity contribution is -0.385. The SMILES string of the molecule is COC(=O)c1cc(N2CCOC3(CCc4ccccc43)C2)ccc1[N+](=O)[O-]. The van der Waals surface area contributed by atoms with Gasteiger partial charge >= 0.3 is 5.97 Å². The molecule has 1 aliphatic carbocycles. The summed E-state index contributed by atoms with van der Waals surface area (Å²) in [5, 5.41) is 11.2. The van der Waals surface area contributed by atoms with E-state index in [0.29, 0.717) is 19.7 Å². The Labute approximate surface area is 156 Å². The van der Waals surface area contributed by atoms with Gasteiger partial charge in [-0.25, -0.2) is 4.79 Å². The Bertz CT molecular complexity index is 909. The molecule has 2 aromatic carbocycles. The molecule has 1 fully saturated rings. The summed E-state index contributed by atoms with van der Waals surface area (Å²) in [4.78, 5) is 24.8. The monoisotopic (exact) mass is 368 g/mol. The van der Waals surface area contributed by atoms with Crippen LogP contribution in [0.1, 0.15) is 27.9 Å². The summed E-state index contributed by atoms with van der Waals surface area (Å²) in [6.45, 7) is 1.85. The quantitative estimate of drug-likeness (QED) is 0.470. The van der Waals surface area contributed by atoms with E-state index in [0.717, 1.165) is 18.5 Å². The summed E-state index contributed by atoms with van der Waals surface area (Å²) in [6, 6.07) is 12.9. The Hall–Kier alpha value is -2.93. The second-order valence-corrected chi connectivity index (χ2v) is 6.87. The highest BCUT2D eigenvalue weighted by Crippen LogP contribution is 2.43. The predicted octanol–water partition coefficient (Wildman–Crippen LogP) is 3.06. The molecule has 7 nitrogen and oxygen atoms in total. The molecule has 7 heteroatoms.